The van der Waals surface area contributed by atoms with Gasteiger partial charge in [-0.1, -0.05) is 18.2 Å². The van der Waals surface area contributed by atoms with E-state index in [1.165, 1.54) is 12.1 Å². The summed E-state index contributed by atoms with van der Waals surface area (Å²) >= 11 is 0. The first kappa shape index (κ1) is 20.6. The van der Waals surface area contributed by atoms with Crippen LogP contribution in [0.1, 0.15) is 29.5 Å². The second-order valence-electron chi connectivity index (χ2n) is 7.17. The molecule has 2 aliphatic rings. The van der Waals surface area contributed by atoms with Crippen LogP contribution >= 0.6 is 0 Å². The average Bonchev–Trinajstić information content (AvgIpc) is 3.38. The molecule has 0 aliphatic carbocycles. The Morgan fingerprint density at radius 2 is 1.87 bits per heavy atom. The van der Waals surface area contributed by atoms with Crippen molar-refractivity contribution in [1.82, 2.24) is 0 Å². The van der Waals surface area contributed by atoms with E-state index < -0.39 is 24.3 Å². The summed E-state index contributed by atoms with van der Waals surface area (Å²) in [5.41, 5.74) is 4.14. The zero-order valence-corrected chi connectivity index (χ0v) is 16.1. The van der Waals surface area contributed by atoms with Gasteiger partial charge in [-0.3, -0.25) is 14.8 Å². The standard InChI is InChI=1S/C22H16F3N3O3/c23-22(24,25)15-6-4-14(5-7-15)19-9-13(11-26-19)8-16-10-17-18(27-16)2-1-3-20(17)31-12-21(29)28-30/h1-7,11H,8-10,12H2. The molecule has 2 aromatic carbocycles. The van der Waals surface area contributed by atoms with Crippen LogP contribution in [0.15, 0.2) is 69.4 Å². The molecular weight excluding hydrogens is 411 g/mol. The van der Waals surface area contributed by atoms with Crippen LogP contribution in [0.4, 0.5) is 18.9 Å². The highest BCUT2D eigenvalue weighted by molar-refractivity contribution is 6.05. The van der Waals surface area contributed by atoms with Crippen molar-refractivity contribution in [3.63, 3.8) is 0 Å². The van der Waals surface area contributed by atoms with Gasteiger partial charge in [-0.2, -0.15) is 13.2 Å². The summed E-state index contributed by atoms with van der Waals surface area (Å²) < 4.78 is 43.6. The monoisotopic (exact) mass is 427 g/mol. The van der Waals surface area contributed by atoms with Gasteiger partial charge in [0.2, 0.25) is 0 Å². The Balaban J connectivity index is 1.37. The molecule has 9 heteroatoms. The van der Waals surface area contributed by atoms with Crippen molar-refractivity contribution in [2.45, 2.75) is 25.4 Å². The zero-order chi connectivity index (χ0) is 22.0. The number of rotatable bonds is 6. The molecule has 0 atom stereocenters. The first-order valence-electron chi connectivity index (χ1n) is 9.43. The summed E-state index contributed by atoms with van der Waals surface area (Å²) in [5, 5.41) is 2.31. The lowest BCUT2D eigenvalue weighted by Gasteiger charge is -2.09. The fourth-order valence-electron chi connectivity index (χ4n) is 3.53. The summed E-state index contributed by atoms with van der Waals surface area (Å²) in [6.07, 6.45) is -1.01. The Morgan fingerprint density at radius 3 is 2.58 bits per heavy atom. The molecule has 0 bridgehead atoms. The molecule has 1 amide bonds. The molecule has 0 saturated heterocycles. The highest BCUT2D eigenvalue weighted by Crippen LogP contribution is 2.36. The number of benzene rings is 2. The molecule has 0 unspecified atom stereocenters. The first-order valence-corrected chi connectivity index (χ1v) is 9.43. The summed E-state index contributed by atoms with van der Waals surface area (Å²) in [7, 11) is 0. The molecule has 0 radical (unpaired) electrons. The highest BCUT2D eigenvalue weighted by atomic mass is 19.4. The number of ether oxygens (including phenoxy) is 1. The number of fused-ring (bicyclic) bond motifs is 1. The van der Waals surface area contributed by atoms with E-state index in [1.54, 1.807) is 18.3 Å². The fourth-order valence-corrected chi connectivity index (χ4v) is 3.53. The van der Waals surface area contributed by atoms with Crippen molar-refractivity contribution in [3.8, 4) is 5.75 Å². The van der Waals surface area contributed by atoms with Gasteiger partial charge >= 0.3 is 12.1 Å². The Labute approximate surface area is 175 Å². The van der Waals surface area contributed by atoms with Gasteiger partial charge < -0.3 is 4.74 Å². The number of nitrogens with zero attached hydrogens (tertiary/aromatic N) is 3. The predicted octanol–water partition coefficient (Wildman–Crippen LogP) is 5.17. The molecule has 0 aromatic heterocycles. The second kappa shape index (κ2) is 8.25. The van der Waals surface area contributed by atoms with Gasteiger partial charge in [0.1, 0.15) is 5.75 Å². The molecule has 2 aliphatic heterocycles. The van der Waals surface area contributed by atoms with Gasteiger partial charge in [0.25, 0.3) is 0 Å². The summed E-state index contributed by atoms with van der Waals surface area (Å²) in [6, 6.07) is 10.3. The summed E-state index contributed by atoms with van der Waals surface area (Å²) in [4.78, 5) is 30.3. The number of nitroso groups, excluding NO2 is 1. The van der Waals surface area contributed by atoms with Crippen molar-refractivity contribution in [1.29, 1.82) is 0 Å². The number of aliphatic imine (C=N–C) groups is 2. The maximum atomic E-state index is 12.7. The number of hydrogen-bond donors (Lipinski definition) is 0. The van der Waals surface area contributed by atoms with Crippen LogP contribution < -0.4 is 4.74 Å². The number of hydrogen-bond acceptors (Lipinski definition) is 5. The number of halogens is 3. The Bertz CT molecular complexity index is 1130. The van der Waals surface area contributed by atoms with E-state index in [2.05, 4.69) is 15.2 Å². The molecule has 0 saturated carbocycles. The molecule has 2 heterocycles. The minimum atomic E-state index is -4.37. The molecule has 0 N–H and O–H groups in total. The van der Waals surface area contributed by atoms with Crippen molar-refractivity contribution in [2.75, 3.05) is 6.61 Å². The number of amides is 1. The first-order chi connectivity index (χ1) is 14.8. The molecule has 31 heavy (non-hydrogen) atoms. The predicted molar refractivity (Wildman–Crippen MR) is 109 cm³/mol. The quantitative estimate of drug-likeness (QED) is 0.597. The Morgan fingerprint density at radius 1 is 1.10 bits per heavy atom. The van der Waals surface area contributed by atoms with Gasteiger partial charge in [0.15, 0.2) is 6.61 Å². The van der Waals surface area contributed by atoms with Crippen LogP contribution in [0.5, 0.6) is 5.75 Å². The molecule has 0 fully saturated rings. The SMILES string of the molecule is O=NC(=O)COc1cccc2c1CC(CC1=CN=C(c3ccc(C(F)(F)F)cc3)C1)=N2. The molecule has 6 nitrogen and oxygen atoms in total. The van der Waals surface area contributed by atoms with E-state index in [-0.39, 0.29) is 0 Å². The van der Waals surface area contributed by atoms with E-state index >= 15 is 0 Å². The topological polar surface area (TPSA) is 80.5 Å². The maximum Gasteiger partial charge on any atom is 0.416 e. The van der Waals surface area contributed by atoms with Crippen molar-refractivity contribution < 1.29 is 22.7 Å². The van der Waals surface area contributed by atoms with Gasteiger partial charge in [0, 0.05) is 41.9 Å². The smallest absolute Gasteiger partial charge is 0.416 e. The lowest BCUT2D eigenvalue weighted by molar-refractivity contribution is -0.137. The van der Waals surface area contributed by atoms with Gasteiger partial charge in [-0.15, -0.1) is 4.91 Å². The highest BCUT2D eigenvalue weighted by Gasteiger charge is 2.30. The largest absolute Gasteiger partial charge is 0.483 e. The van der Waals surface area contributed by atoms with E-state index in [0.29, 0.717) is 36.3 Å². The maximum absolute atomic E-state index is 12.7. The van der Waals surface area contributed by atoms with Crippen LogP contribution in [0.2, 0.25) is 0 Å². The number of carbonyl (C=O) groups is 1. The summed E-state index contributed by atoms with van der Waals surface area (Å²) in [6.45, 7) is -0.426. The van der Waals surface area contributed by atoms with E-state index in [0.717, 1.165) is 34.7 Å². The van der Waals surface area contributed by atoms with Crippen LogP contribution in [0.3, 0.4) is 0 Å². The number of alkyl halides is 3. The van der Waals surface area contributed by atoms with Gasteiger partial charge in [0.05, 0.1) is 17.0 Å². The third-order valence-corrected chi connectivity index (χ3v) is 4.99. The minimum Gasteiger partial charge on any atom is -0.483 e. The zero-order valence-electron chi connectivity index (χ0n) is 16.1. The fraction of sp³-hybridized carbons (Fsp3) is 0.227. The molecule has 4 rings (SSSR count). The summed E-state index contributed by atoms with van der Waals surface area (Å²) in [5.74, 6) is -0.406. The van der Waals surface area contributed by atoms with Gasteiger partial charge in [-0.25, -0.2) is 0 Å². The number of carbonyl (C=O) groups excluding carboxylic acids is 1. The van der Waals surface area contributed by atoms with Crippen LogP contribution in [-0.4, -0.2) is 23.9 Å². The van der Waals surface area contributed by atoms with E-state index in [4.69, 9.17) is 4.74 Å². The van der Waals surface area contributed by atoms with Crippen LogP contribution in [0.25, 0.3) is 0 Å². The van der Waals surface area contributed by atoms with Crippen LogP contribution in [0, 0.1) is 4.91 Å². The lowest BCUT2D eigenvalue weighted by atomic mass is 9.98. The Hall–Kier alpha value is -3.62. The second-order valence-corrected chi connectivity index (χ2v) is 7.17. The van der Waals surface area contributed by atoms with E-state index in [9.17, 15) is 22.9 Å². The van der Waals surface area contributed by atoms with Crippen molar-refractivity contribution in [3.05, 3.63) is 75.8 Å². The minimum absolute atomic E-state index is 0.426. The third-order valence-electron chi connectivity index (χ3n) is 4.99. The number of allylic oxidation sites excluding steroid dienone is 1. The lowest BCUT2D eigenvalue weighted by Crippen LogP contribution is -2.09. The third kappa shape index (κ3) is 4.60. The van der Waals surface area contributed by atoms with Gasteiger partial charge in [-0.05, 0) is 35.4 Å². The molecule has 2 aromatic rings. The molecule has 0 spiro atoms. The van der Waals surface area contributed by atoms with Crippen LogP contribution in [-0.2, 0) is 17.4 Å². The Kier molecular flexibility index (Phi) is 5.50. The van der Waals surface area contributed by atoms with Crippen molar-refractivity contribution >= 4 is 23.0 Å². The van der Waals surface area contributed by atoms with E-state index in [1.807, 2.05) is 6.07 Å². The molecular formula is C22H16F3N3O3. The molecule has 158 valence electrons. The normalized spacial score (nSPS) is 15.1. The average molecular weight is 427 g/mol. The van der Waals surface area contributed by atoms with Crippen molar-refractivity contribution in [2.24, 2.45) is 15.2 Å².